The largest absolute Gasteiger partial charge is 0.362 e. The molecule has 1 saturated heterocycles. The summed E-state index contributed by atoms with van der Waals surface area (Å²) in [5.74, 6) is 0.505. The molecule has 80 valence electrons. The number of carbonyl (C=O) groups is 1. The van der Waals surface area contributed by atoms with Crippen LogP contribution in [0.25, 0.3) is 0 Å². The Morgan fingerprint density at radius 3 is 2.47 bits per heavy atom. The zero-order chi connectivity index (χ0) is 10.8. The Bertz CT molecular complexity index is 343. The quantitative estimate of drug-likeness (QED) is 0.740. The number of ether oxygens (including phenoxy) is 1. The lowest BCUT2D eigenvalue weighted by Crippen LogP contribution is -2.21. The van der Waals surface area contributed by atoms with E-state index in [9.17, 15) is 4.79 Å². The lowest BCUT2D eigenvalue weighted by Gasteiger charge is -2.15. The second-order valence-electron chi connectivity index (χ2n) is 4.37. The Labute approximate surface area is 90.3 Å². The highest BCUT2D eigenvalue weighted by Crippen LogP contribution is 2.32. The molecule has 2 nitrogen and oxygen atoms in total. The Morgan fingerprint density at radius 1 is 1.27 bits per heavy atom. The lowest BCUT2D eigenvalue weighted by molar-refractivity contribution is -0.124. The van der Waals surface area contributed by atoms with E-state index in [-0.39, 0.29) is 23.9 Å². The van der Waals surface area contributed by atoms with Crippen LogP contribution in [0.4, 0.5) is 0 Å². The molecule has 1 aliphatic rings. The molecule has 1 aliphatic heterocycles. The third-order valence-electron chi connectivity index (χ3n) is 2.79. The van der Waals surface area contributed by atoms with Crippen LogP contribution in [0.3, 0.4) is 0 Å². The van der Waals surface area contributed by atoms with Crippen LogP contribution >= 0.6 is 0 Å². The van der Waals surface area contributed by atoms with Crippen LogP contribution < -0.4 is 0 Å². The first-order valence-corrected chi connectivity index (χ1v) is 5.41. The average Bonchev–Trinajstić information content (AvgIpc) is 2.62. The molecular formula is C13H16O2. The first-order valence-electron chi connectivity index (χ1n) is 5.41. The number of hydrogen-bond donors (Lipinski definition) is 0. The van der Waals surface area contributed by atoms with E-state index >= 15 is 0 Å². The van der Waals surface area contributed by atoms with Gasteiger partial charge in [-0.15, -0.1) is 0 Å². The molecule has 1 aromatic carbocycles. The van der Waals surface area contributed by atoms with Gasteiger partial charge in [-0.05, 0) is 11.5 Å². The predicted octanol–water partition coefficient (Wildman–Crippen LogP) is 2.74. The number of benzene rings is 1. The van der Waals surface area contributed by atoms with Gasteiger partial charge < -0.3 is 4.74 Å². The van der Waals surface area contributed by atoms with E-state index in [2.05, 4.69) is 0 Å². The molecule has 0 aromatic heterocycles. The van der Waals surface area contributed by atoms with Gasteiger partial charge in [0.05, 0.1) is 6.10 Å². The fraction of sp³-hybridized carbons (Fsp3) is 0.462. The van der Waals surface area contributed by atoms with Crippen molar-refractivity contribution in [2.45, 2.75) is 32.5 Å². The minimum atomic E-state index is -0.213. The zero-order valence-electron chi connectivity index (χ0n) is 9.14. The summed E-state index contributed by atoms with van der Waals surface area (Å²) in [6, 6.07) is 9.96. The van der Waals surface area contributed by atoms with E-state index in [0.29, 0.717) is 6.42 Å². The predicted molar refractivity (Wildman–Crippen MR) is 58.5 cm³/mol. The molecule has 0 aliphatic carbocycles. The molecular weight excluding hydrogens is 188 g/mol. The van der Waals surface area contributed by atoms with Gasteiger partial charge in [0.2, 0.25) is 0 Å². The molecule has 2 atom stereocenters. The van der Waals surface area contributed by atoms with Crippen molar-refractivity contribution in [3.63, 3.8) is 0 Å². The summed E-state index contributed by atoms with van der Waals surface area (Å²) in [7, 11) is 0. The number of carbonyl (C=O) groups excluding carboxylic acids is 1. The first kappa shape index (κ1) is 10.4. The molecule has 2 heteroatoms. The van der Waals surface area contributed by atoms with Crippen molar-refractivity contribution in [1.29, 1.82) is 0 Å². The van der Waals surface area contributed by atoms with Gasteiger partial charge in [-0.25, -0.2) is 0 Å². The van der Waals surface area contributed by atoms with Crippen molar-refractivity contribution < 1.29 is 9.53 Å². The van der Waals surface area contributed by atoms with Crippen molar-refractivity contribution in [3.8, 4) is 0 Å². The van der Waals surface area contributed by atoms with Crippen LogP contribution in [-0.2, 0) is 9.53 Å². The van der Waals surface area contributed by atoms with E-state index in [1.165, 1.54) is 0 Å². The molecule has 0 radical (unpaired) electrons. The normalized spacial score (nSPS) is 26.2. The third-order valence-corrected chi connectivity index (χ3v) is 2.79. The molecule has 0 unspecified atom stereocenters. The zero-order valence-corrected chi connectivity index (χ0v) is 9.14. The van der Waals surface area contributed by atoms with Gasteiger partial charge in [-0.1, -0.05) is 44.2 Å². The lowest BCUT2D eigenvalue weighted by atomic mass is 10.0. The second kappa shape index (κ2) is 4.15. The molecule has 0 spiro atoms. The van der Waals surface area contributed by atoms with Gasteiger partial charge in [0, 0.05) is 6.42 Å². The number of hydrogen-bond acceptors (Lipinski definition) is 2. The minimum Gasteiger partial charge on any atom is -0.362 e. The standard InChI is InChI=1S/C13H16O2/c1-9(2)13-11(14)8-12(15-13)10-6-4-3-5-7-10/h3-7,9,12-13H,8H2,1-2H3/t12-,13+/m1/s1. The van der Waals surface area contributed by atoms with Gasteiger partial charge in [0.15, 0.2) is 5.78 Å². The maximum atomic E-state index is 11.7. The highest BCUT2D eigenvalue weighted by molar-refractivity contribution is 5.85. The van der Waals surface area contributed by atoms with Crippen LogP contribution in [0.2, 0.25) is 0 Å². The van der Waals surface area contributed by atoms with E-state index in [0.717, 1.165) is 5.56 Å². The van der Waals surface area contributed by atoms with E-state index in [4.69, 9.17) is 4.74 Å². The van der Waals surface area contributed by atoms with Crippen LogP contribution in [0.15, 0.2) is 30.3 Å². The summed E-state index contributed by atoms with van der Waals surface area (Å²) in [6.45, 7) is 4.05. The summed E-state index contributed by atoms with van der Waals surface area (Å²) < 4.78 is 5.77. The Hall–Kier alpha value is -1.15. The Balaban J connectivity index is 2.13. The topological polar surface area (TPSA) is 26.3 Å². The van der Waals surface area contributed by atoms with Crippen LogP contribution in [-0.4, -0.2) is 11.9 Å². The average molecular weight is 204 g/mol. The van der Waals surface area contributed by atoms with Crippen molar-refractivity contribution >= 4 is 5.78 Å². The van der Waals surface area contributed by atoms with E-state index in [1.807, 2.05) is 44.2 Å². The SMILES string of the molecule is CC(C)[C@@H]1O[C@@H](c2ccccc2)CC1=O. The summed E-state index contributed by atoms with van der Waals surface area (Å²) in [5.41, 5.74) is 1.11. The molecule has 1 fully saturated rings. The first-order chi connectivity index (χ1) is 7.18. The van der Waals surface area contributed by atoms with E-state index in [1.54, 1.807) is 0 Å². The molecule has 0 saturated carbocycles. The molecule has 15 heavy (non-hydrogen) atoms. The molecule has 0 amide bonds. The molecule has 1 heterocycles. The highest BCUT2D eigenvalue weighted by atomic mass is 16.5. The summed E-state index contributed by atoms with van der Waals surface area (Å²) in [4.78, 5) is 11.7. The summed E-state index contributed by atoms with van der Waals surface area (Å²) >= 11 is 0. The van der Waals surface area contributed by atoms with E-state index < -0.39 is 0 Å². The molecule has 2 rings (SSSR count). The maximum absolute atomic E-state index is 11.7. The Kier molecular flexibility index (Phi) is 2.87. The summed E-state index contributed by atoms with van der Waals surface area (Å²) in [5, 5.41) is 0. The number of Topliss-reactive ketones (excluding diaryl/α,β-unsaturated/α-hetero) is 1. The second-order valence-corrected chi connectivity index (χ2v) is 4.37. The monoisotopic (exact) mass is 204 g/mol. The van der Waals surface area contributed by atoms with Gasteiger partial charge in [-0.3, -0.25) is 4.79 Å². The van der Waals surface area contributed by atoms with Crippen molar-refractivity contribution in [2.24, 2.45) is 5.92 Å². The fourth-order valence-electron chi connectivity index (χ4n) is 1.99. The van der Waals surface area contributed by atoms with Gasteiger partial charge >= 0.3 is 0 Å². The fourth-order valence-corrected chi connectivity index (χ4v) is 1.99. The smallest absolute Gasteiger partial charge is 0.164 e. The summed E-state index contributed by atoms with van der Waals surface area (Å²) in [6.07, 6.45) is 0.272. The van der Waals surface area contributed by atoms with Gasteiger partial charge in [0.25, 0.3) is 0 Å². The molecule has 1 aromatic rings. The molecule has 0 N–H and O–H groups in total. The number of ketones is 1. The van der Waals surface area contributed by atoms with Crippen molar-refractivity contribution in [2.75, 3.05) is 0 Å². The van der Waals surface area contributed by atoms with Crippen molar-refractivity contribution in [1.82, 2.24) is 0 Å². The minimum absolute atomic E-state index is 0.0360. The van der Waals surface area contributed by atoms with Crippen LogP contribution in [0, 0.1) is 5.92 Å². The Morgan fingerprint density at radius 2 is 1.93 bits per heavy atom. The molecule has 0 bridgehead atoms. The van der Waals surface area contributed by atoms with Crippen molar-refractivity contribution in [3.05, 3.63) is 35.9 Å². The van der Waals surface area contributed by atoms with Gasteiger partial charge in [0.1, 0.15) is 6.10 Å². The van der Waals surface area contributed by atoms with Crippen LogP contribution in [0.5, 0.6) is 0 Å². The van der Waals surface area contributed by atoms with Gasteiger partial charge in [-0.2, -0.15) is 0 Å². The number of rotatable bonds is 2. The van der Waals surface area contributed by atoms with Crippen LogP contribution in [0.1, 0.15) is 31.9 Å². The maximum Gasteiger partial charge on any atom is 0.164 e. The third kappa shape index (κ3) is 2.10. The highest BCUT2D eigenvalue weighted by Gasteiger charge is 2.35.